The van der Waals surface area contributed by atoms with Crippen LogP contribution in [-0.4, -0.2) is 12.8 Å². The number of hydrogen-bond donors (Lipinski definition) is 1. The van der Waals surface area contributed by atoms with Gasteiger partial charge >= 0.3 is 0 Å². The van der Waals surface area contributed by atoms with Crippen molar-refractivity contribution in [1.29, 1.82) is 0 Å². The standard InChI is InChI=1S/C18H19NS2/c1-13-5-3-7-15(11-13)21-12-17(19-2)16-8-4-6-14-9-10-20-18(14)16/h3-11,17,19H,12H2,1-2H3. The molecule has 1 heterocycles. The Hall–Kier alpha value is -1.29. The Labute approximate surface area is 134 Å². The van der Waals surface area contributed by atoms with Gasteiger partial charge in [-0.05, 0) is 48.5 Å². The highest BCUT2D eigenvalue weighted by atomic mass is 32.2. The van der Waals surface area contributed by atoms with E-state index >= 15 is 0 Å². The number of thioether (sulfide) groups is 1. The minimum atomic E-state index is 0.373. The third-order valence-electron chi connectivity index (χ3n) is 3.64. The molecule has 1 unspecified atom stereocenters. The summed E-state index contributed by atoms with van der Waals surface area (Å²) in [4.78, 5) is 1.34. The van der Waals surface area contributed by atoms with E-state index in [2.05, 4.69) is 66.2 Å². The average molecular weight is 313 g/mol. The minimum absolute atomic E-state index is 0.373. The van der Waals surface area contributed by atoms with Gasteiger partial charge in [0.2, 0.25) is 0 Å². The molecule has 3 aromatic rings. The number of benzene rings is 2. The molecular formula is C18H19NS2. The van der Waals surface area contributed by atoms with Crippen LogP contribution < -0.4 is 5.32 Å². The number of hydrogen-bond acceptors (Lipinski definition) is 3. The van der Waals surface area contributed by atoms with Crippen molar-refractivity contribution in [3.05, 3.63) is 65.0 Å². The van der Waals surface area contributed by atoms with E-state index in [1.54, 1.807) is 0 Å². The molecule has 1 nitrogen and oxygen atoms in total. The van der Waals surface area contributed by atoms with Crippen molar-refractivity contribution in [3.63, 3.8) is 0 Å². The first-order chi connectivity index (χ1) is 10.3. The summed E-state index contributed by atoms with van der Waals surface area (Å²) in [5.41, 5.74) is 2.73. The lowest BCUT2D eigenvalue weighted by Crippen LogP contribution is -2.18. The second kappa shape index (κ2) is 6.65. The number of fused-ring (bicyclic) bond motifs is 1. The Balaban J connectivity index is 1.80. The Morgan fingerprint density at radius 2 is 2.00 bits per heavy atom. The minimum Gasteiger partial charge on any atom is -0.312 e. The van der Waals surface area contributed by atoms with Crippen LogP contribution in [0.4, 0.5) is 0 Å². The Morgan fingerprint density at radius 1 is 1.14 bits per heavy atom. The molecule has 0 spiro atoms. The van der Waals surface area contributed by atoms with E-state index < -0.39 is 0 Å². The number of aryl methyl sites for hydroxylation is 1. The monoisotopic (exact) mass is 313 g/mol. The fourth-order valence-electron chi connectivity index (χ4n) is 2.50. The van der Waals surface area contributed by atoms with E-state index in [1.807, 2.05) is 30.1 Å². The molecule has 0 aliphatic rings. The molecule has 3 heteroatoms. The van der Waals surface area contributed by atoms with Crippen LogP contribution in [0.25, 0.3) is 10.1 Å². The van der Waals surface area contributed by atoms with Gasteiger partial charge in [0.1, 0.15) is 0 Å². The first kappa shape index (κ1) is 14.6. The summed E-state index contributed by atoms with van der Waals surface area (Å²) in [6.07, 6.45) is 0. The van der Waals surface area contributed by atoms with E-state index in [4.69, 9.17) is 0 Å². The van der Waals surface area contributed by atoms with Crippen molar-refractivity contribution in [1.82, 2.24) is 5.32 Å². The van der Waals surface area contributed by atoms with Crippen molar-refractivity contribution in [3.8, 4) is 0 Å². The molecule has 1 N–H and O–H groups in total. The number of nitrogens with one attached hydrogen (secondary N) is 1. The molecule has 21 heavy (non-hydrogen) atoms. The Bertz CT molecular complexity index is 733. The zero-order chi connectivity index (χ0) is 14.7. The third kappa shape index (κ3) is 3.31. The van der Waals surface area contributed by atoms with Gasteiger partial charge in [0.25, 0.3) is 0 Å². The van der Waals surface area contributed by atoms with Gasteiger partial charge in [-0.1, -0.05) is 35.9 Å². The van der Waals surface area contributed by atoms with Crippen molar-refractivity contribution in [2.24, 2.45) is 0 Å². The van der Waals surface area contributed by atoms with Gasteiger partial charge in [-0.3, -0.25) is 0 Å². The molecule has 1 atom stereocenters. The third-order valence-corrected chi connectivity index (χ3v) is 5.71. The lowest BCUT2D eigenvalue weighted by Gasteiger charge is -2.17. The predicted molar refractivity (Wildman–Crippen MR) is 95.5 cm³/mol. The van der Waals surface area contributed by atoms with Gasteiger partial charge in [0.15, 0.2) is 0 Å². The summed E-state index contributed by atoms with van der Waals surface area (Å²) in [5, 5.41) is 6.99. The van der Waals surface area contributed by atoms with Crippen molar-refractivity contribution in [2.75, 3.05) is 12.8 Å². The van der Waals surface area contributed by atoms with Crippen molar-refractivity contribution in [2.45, 2.75) is 17.9 Å². The molecular weight excluding hydrogens is 294 g/mol. The van der Waals surface area contributed by atoms with Crippen LogP contribution in [0, 0.1) is 6.92 Å². The van der Waals surface area contributed by atoms with Gasteiger partial charge in [0, 0.05) is 21.4 Å². The zero-order valence-electron chi connectivity index (χ0n) is 12.3. The number of thiophene rings is 1. The van der Waals surface area contributed by atoms with E-state index in [-0.39, 0.29) is 0 Å². The normalized spacial score (nSPS) is 12.7. The fourth-order valence-corrected chi connectivity index (χ4v) is 4.62. The highest BCUT2D eigenvalue weighted by Gasteiger charge is 2.13. The predicted octanol–water partition coefficient (Wildman–Crippen LogP) is 5.26. The van der Waals surface area contributed by atoms with Gasteiger partial charge in [-0.25, -0.2) is 0 Å². The van der Waals surface area contributed by atoms with Gasteiger partial charge < -0.3 is 5.32 Å². The highest BCUT2D eigenvalue weighted by Crippen LogP contribution is 2.32. The summed E-state index contributed by atoms with van der Waals surface area (Å²) < 4.78 is 1.40. The molecule has 1 aromatic heterocycles. The summed E-state index contributed by atoms with van der Waals surface area (Å²) in [5.74, 6) is 1.04. The molecule has 0 radical (unpaired) electrons. The van der Waals surface area contributed by atoms with Gasteiger partial charge in [-0.2, -0.15) is 0 Å². The van der Waals surface area contributed by atoms with Crippen LogP contribution in [0.5, 0.6) is 0 Å². The zero-order valence-corrected chi connectivity index (χ0v) is 13.9. The van der Waals surface area contributed by atoms with E-state index in [1.165, 1.54) is 26.1 Å². The number of rotatable bonds is 5. The second-order valence-electron chi connectivity index (χ2n) is 5.15. The molecule has 0 amide bonds. The molecule has 0 bridgehead atoms. The van der Waals surface area contributed by atoms with E-state index in [0.29, 0.717) is 6.04 Å². The molecule has 0 saturated carbocycles. The molecule has 3 rings (SSSR count). The Kier molecular flexibility index (Phi) is 4.63. The largest absolute Gasteiger partial charge is 0.312 e. The topological polar surface area (TPSA) is 12.0 Å². The van der Waals surface area contributed by atoms with Crippen LogP contribution in [0.15, 0.2) is 58.8 Å². The molecule has 0 aliphatic carbocycles. The lowest BCUT2D eigenvalue weighted by atomic mass is 10.1. The van der Waals surface area contributed by atoms with Gasteiger partial charge in [-0.15, -0.1) is 23.1 Å². The van der Waals surface area contributed by atoms with Crippen molar-refractivity contribution < 1.29 is 0 Å². The molecule has 0 fully saturated rings. The summed E-state index contributed by atoms with van der Waals surface area (Å²) >= 11 is 3.75. The molecule has 0 aliphatic heterocycles. The summed E-state index contributed by atoms with van der Waals surface area (Å²) in [6, 6.07) is 17.9. The summed E-state index contributed by atoms with van der Waals surface area (Å²) in [7, 11) is 2.05. The maximum absolute atomic E-state index is 3.47. The molecule has 2 aromatic carbocycles. The smallest absolute Gasteiger partial charge is 0.0427 e. The Morgan fingerprint density at radius 3 is 2.81 bits per heavy atom. The maximum Gasteiger partial charge on any atom is 0.0427 e. The van der Waals surface area contributed by atoms with Crippen LogP contribution in [0.2, 0.25) is 0 Å². The highest BCUT2D eigenvalue weighted by molar-refractivity contribution is 7.99. The van der Waals surface area contributed by atoms with Crippen LogP contribution in [-0.2, 0) is 0 Å². The van der Waals surface area contributed by atoms with Crippen LogP contribution >= 0.6 is 23.1 Å². The molecule has 0 saturated heterocycles. The second-order valence-corrected chi connectivity index (χ2v) is 7.16. The van der Waals surface area contributed by atoms with Crippen LogP contribution in [0.3, 0.4) is 0 Å². The van der Waals surface area contributed by atoms with Gasteiger partial charge in [0.05, 0.1) is 0 Å². The average Bonchev–Trinajstić information content (AvgIpc) is 2.97. The first-order valence-corrected chi connectivity index (χ1v) is 8.97. The first-order valence-electron chi connectivity index (χ1n) is 7.11. The van der Waals surface area contributed by atoms with E-state index in [0.717, 1.165) is 5.75 Å². The molecule has 108 valence electrons. The lowest BCUT2D eigenvalue weighted by molar-refractivity contribution is 0.667. The van der Waals surface area contributed by atoms with E-state index in [9.17, 15) is 0 Å². The maximum atomic E-state index is 3.47. The quantitative estimate of drug-likeness (QED) is 0.645. The van der Waals surface area contributed by atoms with Crippen LogP contribution in [0.1, 0.15) is 17.2 Å². The van der Waals surface area contributed by atoms with Crippen molar-refractivity contribution >= 4 is 33.2 Å². The SMILES string of the molecule is CNC(CSc1cccc(C)c1)c1cccc2ccsc12. The fraction of sp³-hybridized carbons (Fsp3) is 0.222. The summed E-state index contributed by atoms with van der Waals surface area (Å²) in [6.45, 7) is 2.14.